The molecule has 0 bridgehead atoms. The molecule has 1 aliphatic rings. The third-order valence-electron chi connectivity index (χ3n) is 2.81. The van der Waals surface area contributed by atoms with Crippen LogP contribution < -0.4 is 0 Å². The van der Waals surface area contributed by atoms with Gasteiger partial charge in [0.2, 0.25) is 0 Å². The molecule has 0 fully saturated rings. The fourth-order valence-corrected chi connectivity index (χ4v) is 2.96. The van der Waals surface area contributed by atoms with E-state index >= 15 is 0 Å². The van der Waals surface area contributed by atoms with Crippen LogP contribution in [0.1, 0.15) is 6.92 Å². The summed E-state index contributed by atoms with van der Waals surface area (Å²) in [4.78, 5) is 15.3. The van der Waals surface area contributed by atoms with Crippen LogP contribution in [0.4, 0.5) is 0 Å². The highest BCUT2D eigenvalue weighted by Gasteiger charge is 2.15. The molecular formula is C15H13BrN2O3S. The van der Waals surface area contributed by atoms with Crippen LogP contribution in [-0.2, 0) is 14.8 Å². The smallest absolute Gasteiger partial charge is 0.272 e. The Morgan fingerprint density at radius 3 is 2.45 bits per heavy atom. The molecule has 22 heavy (non-hydrogen) atoms. The highest BCUT2D eigenvalue weighted by Crippen LogP contribution is 2.15. The Kier molecular flexibility index (Phi) is 5.20. The summed E-state index contributed by atoms with van der Waals surface area (Å²) in [6.07, 6.45) is 4.73. The second-order valence-corrected chi connectivity index (χ2v) is 6.65. The van der Waals surface area contributed by atoms with Gasteiger partial charge in [0, 0.05) is 0 Å². The first-order valence-electron chi connectivity index (χ1n) is 6.36. The number of allylic oxidation sites excluding steroid dienone is 4. The Bertz CT molecular complexity index is 806. The molecule has 1 aliphatic carbocycles. The zero-order valence-electron chi connectivity index (χ0n) is 11.7. The van der Waals surface area contributed by atoms with Gasteiger partial charge in [0.1, 0.15) is 0 Å². The van der Waals surface area contributed by atoms with Gasteiger partial charge in [0.05, 0.1) is 21.6 Å². The van der Waals surface area contributed by atoms with Crippen LogP contribution in [-0.4, -0.2) is 31.1 Å². The summed E-state index contributed by atoms with van der Waals surface area (Å²) in [5, 5.41) is 0.139. The van der Waals surface area contributed by atoms with Gasteiger partial charge < -0.3 is 0 Å². The van der Waals surface area contributed by atoms with Gasteiger partial charge in [-0.2, -0.15) is 12.8 Å². The van der Waals surface area contributed by atoms with E-state index in [-0.39, 0.29) is 16.1 Å². The zero-order chi connectivity index (χ0) is 16.2. The lowest BCUT2D eigenvalue weighted by molar-refractivity contribution is -0.115. The van der Waals surface area contributed by atoms with Crippen molar-refractivity contribution in [1.82, 2.24) is 0 Å². The Morgan fingerprint density at radius 2 is 1.86 bits per heavy atom. The zero-order valence-corrected chi connectivity index (χ0v) is 14.1. The van der Waals surface area contributed by atoms with Crippen molar-refractivity contribution in [3.8, 4) is 0 Å². The number of amides is 1. The molecule has 114 valence electrons. The Morgan fingerprint density at radius 1 is 1.18 bits per heavy atom. The summed E-state index contributed by atoms with van der Waals surface area (Å²) < 4.78 is 28.3. The predicted octanol–water partition coefficient (Wildman–Crippen LogP) is 2.69. The van der Waals surface area contributed by atoms with Crippen LogP contribution in [0.2, 0.25) is 0 Å². The number of benzene rings is 1. The molecule has 0 saturated carbocycles. The second kappa shape index (κ2) is 6.93. The third-order valence-corrected chi connectivity index (χ3v) is 4.59. The van der Waals surface area contributed by atoms with E-state index in [2.05, 4.69) is 25.3 Å². The number of nitrogens with zero attached hydrogens (tertiary/aromatic N) is 2. The van der Waals surface area contributed by atoms with Crippen LogP contribution >= 0.6 is 15.9 Å². The van der Waals surface area contributed by atoms with Crippen molar-refractivity contribution in [2.24, 2.45) is 9.39 Å². The number of hydrogen-bond acceptors (Lipinski definition) is 3. The summed E-state index contributed by atoms with van der Waals surface area (Å²) in [5.74, 6) is -0.305. The van der Waals surface area contributed by atoms with E-state index in [1.165, 1.54) is 18.2 Å². The lowest BCUT2D eigenvalue weighted by Crippen LogP contribution is -2.10. The molecule has 0 saturated heterocycles. The average molecular weight is 381 g/mol. The standard InChI is InChI=1S/C15H13BrN2O3S/c1-11-9-12(17-15(19)10-16)7-8-14(11)18-22(20,21)13-5-3-2-4-6-13/h2-9H,10H2,1H3. The van der Waals surface area contributed by atoms with Gasteiger partial charge in [0.25, 0.3) is 15.9 Å². The topological polar surface area (TPSA) is 75.9 Å². The minimum absolute atomic E-state index is 0.137. The van der Waals surface area contributed by atoms with Crippen LogP contribution in [0.25, 0.3) is 0 Å². The van der Waals surface area contributed by atoms with Crippen LogP contribution in [0.3, 0.4) is 0 Å². The molecule has 0 aliphatic heterocycles. The van der Waals surface area contributed by atoms with E-state index in [1.807, 2.05) is 0 Å². The number of halogens is 1. The van der Waals surface area contributed by atoms with Gasteiger partial charge in [-0.3, -0.25) is 4.79 Å². The Hall–Kier alpha value is -1.86. The van der Waals surface area contributed by atoms with Crippen LogP contribution in [0.5, 0.6) is 0 Å². The average Bonchev–Trinajstić information content (AvgIpc) is 2.50. The number of carbonyl (C=O) groups is 1. The lowest BCUT2D eigenvalue weighted by Gasteiger charge is -2.08. The minimum atomic E-state index is -3.76. The fourth-order valence-electron chi connectivity index (χ4n) is 1.76. The van der Waals surface area contributed by atoms with Gasteiger partial charge in [-0.25, -0.2) is 4.99 Å². The van der Waals surface area contributed by atoms with E-state index in [9.17, 15) is 13.2 Å². The maximum Gasteiger partial charge on any atom is 0.282 e. The SMILES string of the molecule is CC1=CC(=NC(=O)CBr)C=CC1=NS(=O)(=O)c1ccccc1. The van der Waals surface area contributed by atoms with Gasteiger partial charge >= 0.3 is 0 Å². The number of hydrogen-bond donors (Lipinski definition) is 0. The fraction of sp³-hybridized carbons (Fsp3) is 0.133. The molecule has 1 amide bonds. The molecule has 7 heteroatoms. The first-order valence-corrected chi connectivity index (χ1v) is 8.93. The summed E-state index contributed by atoms with van der Waals surface area (Å²) in [6, 6.07) is 8.01. The normalized spacial score (nSPS) is 18.5. The number of aliphatic imine (C=N–C) groups is 1. The van der Waals surface area contributed by atoms with Crippen molar-refractivity contribution < 1.29 is 13.2 Å². The minimum Gasteiger partial charge on any atom is -0.272 e. The first-order chi connectivity index (χ1) is 10.4. The maximum absolute atomic E-state index is 12.2. The summed E-state index contributed by atoms with van der Waals surface area (Å²) in [5.41, 5.74) is 1.43. The van der Waals surface area contributed by atoms with E-state index < -0.39 is 10.0 Å². The molecule has 1 aromatic carbocycles. The van der Waals surface area contributed by atoms with E-state index in [4.69, 9.17) is 0 Å². The highest BCUT2D eigenvalue weighted by molar-refractivity contribution is 9.09. The van der Waals surface area contributed by atoms with E-state index in [0.29, 0.717) is 17.0 Å². The first kappa shape index (κ1) is 16.5. The van der Waals surface area contributed by atoms with Gasteiger partial charge in [-0.05, 0) is 42.9 Å². The van der Waals surface area contributed by atoms with E-state index in [1.54, 1.807) is 37.3 Å². The second-order valence-electron chi connectivity index (χ2n) is 4.49. The largest absolute Gasteiger partial charge is 0.282 e. The van der Waals surface area contributed by atoms with Gasteiger partial charge in [-0.15, -0.1) is 0 Å². The monoisotopic (exact) mass is 380 g/mol. The molecule has 5 nitrogen and oxygen atoms in total. The number of rotatable bonds is 3. The molecule has 0 aromatic heterocycles. The highest BCUT2D eigenvalue weighted by atomic mass is 79.9. The van der Waals surface area contributed by atoms with Crippen molar-refractivity contribution >= 4 is 43.3 Å². The predicted molar refractivity (Wildman–Crippen MR) is 90.2 cm³/mol. The molecule has 0 N–H and O–H groups in total. The third kappa shape index (κ3) is 4.08. The quantitative estimate of drug-likeness (QED) is 0.597. The van der Waals surface area contributed by atoms with Crippen LogP contribution in [0.15, 0.2) is 68.4 Å². The molecule has 2 rings (SSSR count). The van der Waals surface area contributed by atoms with Crippen molar-refractivity contribution in [3.63, 3.8) is 0 Å². The molecule has 0 spiro atoms. The molecule has 0 unspecified atom stereocenters. The maximum atomic E-state index is 12.2. The molecule has 1 aromatic rings. The molecule has 0 heterocycles. The lowest BCUT2D eigenvalue weighted by atomic mass is 10.0. The number of sulfonamides is 1. The van der Waals surface area contributed by atoms with E-state index in [0.717, 1.165) is 0 Å². The van der Waals surface area contributed by atoms with Gasteiger partial charge in [0.15, 0.2) is 0 Å². The van der Waals surface area contributed by atoms with Crippen molar-refractivity contribution in [2.45, 2.75) is 11.8 Å². The molecular weight excluding hydrogens is 368 g/mol. The Balaban J connectivity index is 2.33. The summed E-state index contributed by atoms with van der Waals surface area (Å²) in [6.45, 7) is 1.72. The van der Waals surface area contributed by atoms with Gasteiger partial charge in [-0.1, -0.05) is 34.1 Å². The molecule has 0 radical (unpaired) electrons. The van der Waals surface area contributed by atoms with Crippen LogP contribution in [0, 0.1) is 0 Å². The number of alkyl halides is 1. The van der Waals surface area contributed by atoms with Crippen molar-refractivity contribution in [2.75, 3.05) is 5.33 Å². The summed E-state index contributed by atoms with van der Waals surface area (Å²) >= 11 is 3.03. The molecule has 0 atom stereocenters. The van der Waals surface area contributed by atoms with Crippen molar-refractivity contribution in [1.29, 1.82) is 0 Å². The van der Waals surface area contributed by atoms with Crippen molar-refractivity contribution in [3.05, 3.63) is 54.1 Å². The summed E-state index contributed by atoms with van der Waals surface area (Å²) in [7, 11) is -3.76. The number of carbonyl (C=O) groups excluding carboxylic acids is 1. The Labute approximate surface area is 137 Å².